The van der Waals surface area contributed by atoms with Gasteiger partial charge in [0.25, 0.3) is 0 Å². The molecule has 2 aromatic carbocycles. The Morgan fingerprint density at radius 1 is 0.800 bits per heavy atom. The van der Waals surface area contributed by atoms with Crippen LogP contribution in [0, 0.1) is 0 Å². The fourth-order valence-corrected chi connectivity index (χ4v) is 6.88. The molecular weight excluding hydrogens is 536 g/mol. The van der Waals surface area contributed by atoms with E-state index in [1.54, 1.807) is 0 Å². The van der Waals surface area contributed by atoms with Gasteiger partial charge < -0.3 is 20.4 Å². The lowest BCUT2D eigenvalue weighted by atomic mass is 9.69. The molecule has 0 radical (unpaired) electrons. The molecule has 1 aromatic heterocycles. The molecule has 1 saturated carbocycles. The zero-order chi connectivity index (χ0) is 27.4. The maximum absolute atomic E-state index is 6.21. The number of hydrogen-bond donors (Lipinski definition) is 2. The first-order valence-corrected chi connectivity index (χ1v) is 15.6. The molecule has 1 saturated heterocycles. The molecule has 3 heterocycles. The second kappa shape index (κ2) is 12.3. The Morgan fingerprint density at radius 2 is 1.40 bits per heavy atom. The summed E-state index contributed by atoms with van der Waals surface area (Å²) in [6, 6.07) is 19.2. The summed E-state index contributed by atoms with van der Waals surface area (Å²) < 4.78 is 0. The molecule has 3 aliphatic rings. The third-order valence-electron chi connectivity index (χ3n) is 8.87. The SMILES string of the molecule is S=C(NCC1(c2ccc(Cl)cc2)CCCCC1)Nc1nc(N2CCCCCC2)cc(N2Cc3ccccc3C2)n1. The van der Waals surface area contributed by atoms with Crippen molar-refractivity contribution >= 4 is 46.5 Å². The van der Waals surface area contributed by atoms with Crippen molar-refractivity contribution < 1.29 is 0 Å². The number of nitrogens with zero attached hydrogens (tertiary/aromatic N) is 4. The molecule has 3 aromatic rings. The summed E-state index contributed by atoms with van der Waals surface area (Å²) in [5, 5.41) is 8.26. The van der Waals surface area contributed by atoms with Crippen LogP contribution in [0.2, 0.25) is 5.02 Å². The van der Waals surface area contributed by atoms with E-state index in [1.807, 2.05) is 12.1 Å². The van der Waals surface area contributed by atoms with Gasteiger partial charge in [-0.2, -0.15) is 9.97 Å². The van der Waals surface area contributed by atoms with Gasteiger partial charge in [0.05, 0.1) is 0 Å². The highest BCUT2D eigenvalue weighted by molar-refractivity contribution is 7.80. The van der Waals surface area contributed by atoms with Crippen LogP contribution in [0.1, 0.15) is 74.5 Å². The number of thiocarbonyl (C=S) groups is 1. The Balaban J connectivity index is 1.21. The monoisotopic (exact) mass is 574 g/mol. The van der Waals surface area contributed by atoms with Gasteiger partial charge in [0.2, 0.25) is 5.95 Å². The lowest BCUT2D eigenvalue weighted by Gasteiger charge is -2.38. The van der Waals surface area contributed by atoms with E-state index in [2.05, 4.69) is 62.9 Å². The lowest BCUT2D eigenvalue weighted by molar-refractivity contribution is 0.292. The van der Waals surface area contributed by atoms with E-state index in [4.69, 9.17) is 33.8 Å². The summed E-state index contributed by atoms with van der Waals surface area (Å²) in [7, 11) is 0. The van der Waals surface area contributed by atoms with Crippen molar-refractivity contribution in [1.82, 2.24) is 15.3 Å². The lowest BCUT2D eigenvalue weighted by Crippen LogP contribution is -2.43. The van der Waals surface area contributed by atoms with Crippen LogP contribution < -0.4 is 20.4 Å². The molecule has 2 aliphatic heterocycles. The van der Waals surface area contributed by atoms with Gasteiger partial charge in [-0.3, -0.25) is 0 Å². The standard InChI is InChI=1S/C32H39ClN6S/c33-27-14-12-26(13-15-27)32(16-6-3-7-17-32)23-34-31(40)37-30-35-28(38-18-8-1-2-9-19-38)20-29(36-30)39-21-24-10-4-5-11-25(24)22-39/h4-5,10-15,20H,1-3,6-9,16-19,21-23H2,(H2,34,35,36,37,40). The molecule has 0 bridgehead atoms. The van der Waals surface area contributed by atoms with Gasteiger partial charge in [-0.15, -0.1) is 0 Å². The summed E-state index contributed by atoms with van der Waals surface area (Å²) >= 11 is 12.0. The van der Waals surface area contributed by atoms with Gasteiger partial charge in [-0.05, 0) is 66.7 Å². The molecule has 0 atom stereocenters. The Bertz CT molecular complexity index is 1290. The van der Waals surface area contributed by atoms with Crippen molar-refractivity contribution in [1.29, 1.82) is 0 Å². The van der Waals surface area contributed by atoms with Crippen molar-refractivity contribution in [3.8, 4) is 0 Å². The average molecular weight is 575 g/mol. The summed E-state index contributed by atoms with van der Waals surface area (Å²) in [5.74, 6) is 2.49. The van der Waals surface area contributed by atoms with Gasteiger partial charge in [-0.25, -0.2) is 0 Å². The summed E-state index contributed by atoms with van der Waals surface area (Å²) in [5.41, 5.74) is 4.12. The van der Waals surface area contributed by atoms with E-state index in [0.29, 0.717) is 11.1 Å². The minimum atomic E-state index is 0.0514. The van der Waals surface area contributed by atoms with Gasteiger partial charge >= 0.3 is 0 Å². The number of rotatable bonds is 6. The van der Waals surface area contributed by atoms with Gasteiger partial charge in [0.15, 0.2) is 5.11 Å². The Hall–Kier alpha value is -2.90. The number of hydrogen-bond acceptors (Lipinski definition) is 5. The first kappa shape index (κ1) is 27.3. The smallest absolute Gasteiger partial charge is 0.232 e. The number of benzene rings is 2. The molecule has 210 valence electrons. The minimum absolute atomic E-state index is 0.0514. The highest BCUT2D eigenvalue weighted by Gasteiger charge is 2.34. The quantitative estimate of drug-likeness (QED) is 0.301. The Labute approximate surface area is 248 Å². The third-order valence-corrected chi connectivity index (χ3v) is 9.37. The Morgan fingerprint density at radius 3 is 2.05 bits per heavy atom. The molecule has 6 nitrogen and oxygen atoms in total. The fourth-order valence-electron chi connectivity index (χ4n) is 6.59. The zero-order valence-electron chi connectivity index (χ0n) is 23.2. The van der Waals surface area contributed by atoms with Crippen molar-refractivity contribution in [2.24, 2.45) is 0 Å². The summed E-state index contributed by atoms with van der Waals surface area (Å²) in [6.45, 7) is 4.56. The van der Waals surface area contributed by atoms with E-state index >= 15 is 0 Å². The molecular formula is C32H39ClN6S. The largest absolute Gasteiger partial charge is 0.361 e. The van der Waals surface area contributed by atoms with Crippen LogP contribution >= 0.6 is 23.8 Å². The first-order valence-electron chi connectivity index (χ1n) is 14.8. The Kier molecular flexibility index (Phi) is 8.40. The van der Waals surface area contributed by atoms with E-state index in [-0.39, 0.29) is 5.41 Å². The van der Waals surface area contributed by atoms with Crippen LogP contribution in [0.25, 0.3) is 0 Å². The predicted octanol–water partition coefficient (Wildman–Crippen LogP) is 7.22. The predicted molar refractivity (Wildman–Crippen MR) is 169 cm³/mol. The molecule has 0 unspecified atom stereocenters. The minimum Gasteiger partial charge on any atom is -0.361 e. The molecule has 6 rings (SSSR count). The first-order chi connectivity index (χ1) is 19.6. The number of nitrogens with one attached hydrogen (secondary N) is 2. The zero-order valence-corrected chi connectivity index (χ0v) is 24.7. The molecule has 1 aliphatic carbocycles. The second-order valence-electron chi connectivity index (χ2n) is 11.6. The second-order valence-corrected chi connectivity index (χ2v) is 12.4. The number of anilines is 3. The van der Waals surface area contributed by atoms with Gasteiger partial charge in [0.1, 0.15) is 11.6 Å². The van der Waals surface area contributed by atoms with Crippen LogP contribution in [-0.2, 0) is 18.5 Å². The van der Waals surface area contributed by atoms with Gasteiger partial charge in [-0.1, -0.05) is 80.1 Å². The van der Waals surface area contributed by atoms with E-state index in [1.165, 1.54) is 61.6 Å². The number of fused-ring (bicyclic) bond motifs is 1. The maximum Gasteiger partial charge on any atom is 0.232 e. The van der Waals surface area contributed by atoms with E-state index in [0.717, 1.165) is 62.2 Å². The molecule has 0 spiro atoms. The van der Waals surface area contributed by atoms with E-state index < -0.39 is 0 Å². The molecule has 0 amide bonds. The highest BCUT2D eigenvalue weighted by atomic mass is 35.5. The molecule has 40 heavy (non-hydrogen) atoms. The number of aromatic nitrogens is 2. The fraction of sp³-hybridized carbons (Fsp3) is 0.469. The molecule has 2 fully saturated rings. The van der Waals surface area contributed by atoms with Crippen LogP contribution in [0.5, 0.6) is 0 Å². The van der Waals surface area contributed by atoms with Crippen LogP contribution in [0.4, 0.5) is 17.6 Å². The third kappa shape index (κ3) is 6.21. The summed E-state index contributed by atoms with van der Waals surface area (Å²) in [6.07, 6.45) is 11.0. The van der Waals surface area contributed by atoms with Crippen molar-refractivity contribution in [3.05, 3.63) is 76.3 Å². The van der Waals surface area contributed by atoms with E-state index in [9.17, 15) is 0 Å². The molecule has 8 heteroatoms. The van der Waals surface area contributed by atoms with Crippen LogP contribution in [0.15, 0.2) is 54.6 Å². The topological polar surface area (TPSA) is 56.3 Å². The maximum atomic E-state index is 6.21. The summed E-state index contributed by atoms with van der Waals surface area (Å²) in [4.78, 5) is 14.7. The van der Waals surface area contributed by atoms with Crippen LogP contribution in [0.3, 0.4) is 0 Å². The number of halogens is 1. The molecule has 2 N–H and O–H groups in total. The highest BCUT2D eigenvalue weighted by Crippen LogP contribution is 2.39. The van der Waals surface area contributed by atoms with Gasteiger partial charge in [0, 0.05) is 49.2 Å². The van der Waals surface area contributed by atoms with Crippen molar-refractivity contribution in [2.75, 3.05) is 34.8 Å². The van der Waals surface area contributed by atoms with Crippen molar-refractivity contribution in [2.45, 2.75) is 76.3 Å². The average Bonchev–Trinajstić information content (AvgIpc) is 3.23. The van der Waals surface area contributed by atoms with Crippen molar-refractivity contribution in [3.63, 3.8) is 0 Å². The van der Waals surface area contributed by atoms with Crippen LogP contribution in [-0.4, -0.2) is 34.7 Å². The normalized spacial score (nSPS) is 18.6.